The van der Waals surface area contributed by atoms with Crippen molar-refractivity contribution in [3.05, 3.63) is 72.1 Å². The van der Waals surface area contributed by atoms with Crippen LogP contribution in [0.3, 0.4) is 0 Å². The number of nitrogens with one attached hydrogen (secondary N) is 1. The average molecular weight is 432 g/mol. The van der Waals surface area contributed by atoms with Gasteiger partial charge in [0, 0.05) is 29.6 Å². The third-order valence-electron chi connectivity index (χ3n) is 6.41. The number of aromatic nitrogens is 1. The number of likely N-dealkylation sites (tertiary alicyclic amines) is 1. The lowest BCUT2D eigenvalue weighted by Crippen LogP contribution is -2.43. The van der Waals surface area contributed by atoms with E-state index in [2.05, 4.69) is 27.3 Å². The number of aliphatic hydroxyl groups is 1. The molecule has 0 spiro atoms. The van der Waals surface area contributed by atoms with E-state index < -0.39 is 6.10 Å². The maximum absolute atomic E-state index is 11.0. The summed E-state index contributed by atoms with van der Waals surface area (Å²) in [7, 11) is 1.64. The summed E-state index contributed by atoms with van der Waals surface area (Å²) in [4.78, 5) is 6.79. The zero-order valence-electron chi connectivity index (χ0n) is 18.3. The third kappa shape index (κ3) is 4.35. The molecule has 6 heteroatoms. The molecule has 1 fully saturated rings. The number of hydrogen-bond acceptors (Lipinski definition) is 6. The van der Waals surface area contributed by atoms with Gasteiger partial charge in [0.15, 0.2) is 0 Å². The van der Waals surface area contributed by atoms with Gasteiger partial charge in [0.25, 0.3) is 0 Å². The number of para-hydroxylation sites is 2. The van der Waals surface area contributed by atoms with E-state index in [1.54, 1.807) is 13.3 Å². The van der Waals surface area contributed by atoms with Crippen molar-refractivity contribution in [3.63, 3.8) is 0 Å². The van der Waals surface area contributed by atoms with Gasteiger partial charge < -0.3 is 24.5 Å². The van der Waals surface area contributed by atoms with Gasteiger partial charge >= 0.3 is 0 Å². The van der Waals surface area contributed by atoms with Crippen molar-refractivity contribution in [1.82, 2.24) is 15.2 Å². The minimum absolute atomic E-state index is 0.461. The standard InChI is InChI=1S/C26H29N3O3/c1-31-25-8-4-6-22-21(9-12-27-26(22)25)23(30)17-29-13-10-19(11-14-29)28-16-20-15-18-5-2-3-7-24(18)32-20/h2-9,12,15,19,23,28,30H,10-11,13-14,16-17H2,1H3. The summed E-state index contributed by atoms with van der Waals surface area (Å²) in [6.45, 7) is 3.28. The van der Waals surface area contributed by atoms with E-state index in [0.717, 1.165) is 71.4 Å². The van der Waals surface area contributed by atoms with Gasteiger partial charge in [0.05, 0.1) is 19.8 Å². The summed E-state index contributed by atoms with van der Waals surface area (Å²) in [5.74, 6) is 1.71. The average Bonchev–Trinajstić information content (AvgIpc) is 3.26. The Morgan fingerprint density at radius 1 is 1.16 bits per heavy atom. The van der Waals surface area contributed by atoms with Gasteiger partial charge in [0.2, 0.25) is 0 Å². The van der Waals surface area contributed by atoms with Crippen molar-refractivity contribution >= 4 is 21.9 Å². The largest absolute Gasteiger partial charge is 0.494 e. The molecule has 0 bridgehead atoms. The molecule has 2 aromatic carbocycles. The number of aliphatic hydroxyl groups excluding tert-OH is 1. The van der Waals surface area contributed by atoms with Gasteiger partial charge in [-0.05, 0) is 55.8 Å². The smallest absolute Gasteiger partial charge is 0.145 e. The normalized spacial score (nSPS) is 16.6. The van der Waals surface area contributed by atoms with E-state index in [-0.39, 0.29) is 0 Å². The fraction of sp³-hybridized carbons (Fsp3) is 0.346. The lowest BCUT2D eigenvalue weighted by Gasteiger charge is -2.33. The van der Waals surface area contributed by atoms with Crippen molar-refractivity contribution in [1.29, 1.82) is 0 Å². The lowest BCUT2D eigenvalue weighted by atomic mass is 10.0. The molecular formula is C26H29N3O3. The van der Waals surface area contributed by atoms with Crippen molar-refractivity contribution in [2.45, 2.75) is 31.5 Å². The molecule has 166 valence electrons. The van der Waals surface area contributed by atoms with Crippen LogP contribution in [0.4, 0.5) is 0 Å². The zero-order valence-corrected chi connectivity index (χ0v) is 18.3. The highest BCUT2D eigenvalue weighted by molar-refractivity contribution is 5.87. The number of methoxy groups -OCH3 is 1. The van der Waals surface area contributed by atoms with Crippen LogP contribution in [0, 0.1) is 0 Å². The van der Waals surface area contributed by atoms with Gasteiger partial charge in [0.1, 0.15) is 22.6 Å². The Bertz CT molecular complexity index is 1160. The van der Waals surface area contributed by atoms with Crippen LogP contribution >= 0.6 is 0 Å². The maximum Gasteiger partial charge on any atom is 0.145 e. The molecule has 1 aliphatic rings. The number of β-amino-alcohol motifs (C(OH)–C–C–N with tert-alkyl or cyclic N) is 1. The van der Waals surface area contributed by atoms with E-state index >= 15 is 0 Å². The number of fused-ring (bicyclic) bond motifs is 2. The van der Waals surface area contributed by atoms with Crippen molar-refractivity contribution in [2.24, 2.45) is 0 Å². The van der Waals surface area contributed by atoms with E-state index in [9.17, 15) is 5.11 Å². The minimum atomic E-state index is -0.562. The first-order valence-electron chi connectivity index (χ1n) is 11.2. The molecule has 4 aromatic rings. The molecule has 0 saturated carbocycles. The third-order valence-corrected chi connectivity index (χ3v) is 6.41. The van der Waals surface area contributed by atoms with Crippen molar-refractivity contribution < 1.29 is 14.3 Å². The number of ether oxygens (including phenoxy) is 1. The van der Waals surface area contributed by atoms with E-state index in [1.165, 1.54) is 0 Å². The van der Waals surface area contributed by atoms with Gasteiger partial charge in [-0.2, -0.15) is 0 Å². The van der Waals surface area contributed by atoms with Gasteiger partial charge in [-0.3, -0.25) is 4.98 Å². The first kappa shape index (κ1) is 20.9. The number of piperidine rings is 1. The second kappa shape index (κ2) is 9.28. The summed E-state index contributed by atoms with van der Waals surface area (Å²) in [6.07, 6.45) is 3.29. The Morgan fingerprint density at radius 3 is 2.81 bits per heavy atom. The number of pyridine rings is 1. The van der Waals surface area contributed by atoms with E-state index in [1.807, 2.05) is 42.5 Å². The molecule has 1 aliphatic heterocycles. The summed E-state index contributed by atoms with van der Waals surface area (Å²) >= 11 is 0. The Kier molecular flexibility index (Phi) is 6.08. The number of hydrogen-bond donors (Lipinski definition) is 2. The molecule has 0 amide bonds. The SMILES string of the molecule is COc1cccc2c(C(O)CN3CCC(NCc4cc5ccccc5o4)CC3)ccnc12. The Hall–Kier alpha value is -2.93. The van der Waals surface area contributed by atoms with Crippen molar-refractivity contribution in [2.75, 3.05) is 26.7 Å². The molecule has 32 heavy (non-hydrogen) atoms. The predicted molar refractivity (Wildman–Crippen MR) is 126 cm³/mol. The molecule has 2 N–H and O–H groups in total. The van der Waals surface area contributed by atoms with Crippen LogP contribution in [0.15, 0.2) is 65.2 Å². The molecule has 1 atom stereocenters. The molecule has 6 nitrogen and oxygen atoms in total. The molecule has 3 heterocycles. The van der Waals surface area contributed by atoms with Crippen LogP contribution < -0.4 is 10.1 Å². The number of furan rings is 1. The fourth-order valence-corrected chi connectivity index (χ4v) is 4.66. The second-order valence-corrected chi connectivity index (χ2v) is 8.48. The first-order chi connectivity index (χ1) is 15.7. The predicted octanol–water partition coefficient (Wildman–Crippen LogP) is 4.28. The minimum Gasteiger partial charge on any atom is -0.494 e. The summed E-state index contributed by atoms with van der Waals surface area (Å²) in [5, 5.41) is 16.7. The monoisotopic (exact) mass is 431 g/mol. The van der Waals surface area contributed by atoms with Crippen LogP contribution in [-0.4, -0.2) is 47.8 Å². The first-order valence-corrected chi connectivity index (χ1v) is 11.2. The molecule has 1 saturated heterocycles. The maximum atomic E-state index is 11.0. The second-order valence-electron chi connectivity index (χ2n) is 8.48. The number of rotatable bonds is 7. The number of benzene rings is 2. The van der Waals surface area contributed by atoms with Gasteiger partial charge in [-0.25, -0.2) is 0 Å². The highest BCUT2D eigenvalue weighted by atomic mass is 16.5. The van der Waals surface area contributed by atoms with Gasteiger partial charge in [-0.1, -0.05) is 30.3 Å². The van der Waals surface area contributed by atoms with Crippen LogP contribution in [0.25, 0.3) is 21.9 Å². The summed E-state index contributed by atoms with van der Waals surface area (Å²) in [6, 6.07) is 18.4. The van der Waals surface area contributed by atoms with Crippen LogP contribution in [-0.2, 0) is 6.54 Å². The lowest BCUT2D eigenvalue weighted by molar-refractivity contribution is 0.0947. The Balaban J connectivity index is 1.16. The zero-order chi connectivity index (χ0) is 21.9. The Morgan fingerprint density at radius 2 is 2.00 bits per heavy atom. The van der Waals surface area contributed by atoms with Gasteiger partial charge in [-0.15, -0.1) is 0 Å². The van der Waals surface area contributed by atoms with E-state index in [0.29, 0.717) is 12.6 Å². The van der Waals surface area contributed by atoms with Crippen LogP contribution in [0.5, 0.6) is 5.75 Å². The van der Waals surface area contributed by atoms with Crippen LogP contribution in [0.1, 0.15) is 30.3 Å². The van der Waals surface area contributed by atoms with Crippen LogP contribution in [0.2, 0.25) is 0 Å². The molecule has 5 rings (SSSR count). The summed E-state index contributed by atoms with van der Waals surface area (Å²) in [5.41, 5.74) is 2.63. The fourth-order valence-electron chi connectivity index (χ4n) is 4.66. The number of nitrogens with zero attached hydrogens (tertiary/aromatic N) is 2. The molecule has 0 radical (unpaired) electrons. The Labute approximate surface area is 187 Å². The molecular weight excluding hydrogens is 402 g/mol. The highest BCUT2D eigenvalue weighted by Gasteiger charge is 2.23. The van der Waals surface area contributed by atoms with E-state index in [4.69, 9.17) is 9.15 Å². The topological polar surface area (TPSA) is 70.8 Å². The molecule has 0 aliphatic carbocycles. The highest BCUT2D eigenvalue weighted by Crippen LogP contribution is 2.29. The van der Waals surface area contributed by atoms with Crippen molar-refractivity contribution in [3.8, 4) is 5.75 Å². The summed E-state index contributed by atoms with van der Waals surface area (Å²) < 4.78 is 11.3. The molecule has 2 aromatic heterocycles. The molecule has 1 unspecified atom stereocenters. The quantitative estimate of drug-likeness (QED) is 0.455.